The first-order chi connectivity index (χ1) is 10.2. The summed E-state index contributed by atoms with van der Waals surface area (Å²) in [4.78, 5) is 1.62. The van der Waals surface area contributed by atoms with Gasteiger partial charge in [0, 0.05) is 35.2 Å². The molecular formula is C16H24N2OS2. The molecule has 2 atom stereocenters. The van der Waals surface area contributed by atoms with Crippen molar-refractivity contribution in [3.05, 3.63) is 23.8 Å². The molecule has 1 aliphatic heterocycles. The summed E-state index contributed by atoms with van der Waals surface area (Å²) in [5, 5.41) is 3.54. The van der Waals surface area contributed by atoms with E-state index in [0.717, 1.165) is 47.9 Å². The Balaban J connectivity index is 2.12. The van der Waals surface area contributed by atoms with Gasteiger partial charge in [-0.25, -0.2) is 0 Å². The number of thioether (sulfide) groups is 1. The first kappa shape index (κ1) is 16.6. The first-order valence-corrected chi connectivity index (χ1v) is 8.97. The van der Waals surface area contributed by atoms with Gasteiger partial charge >= 0.3 is 0 Å². The molecular weight excluding hydrogens is 300 g/mol. The minimum Gasteiger partial charge on any atom is -0.389 e. The van der Waals surface area contributed by atoms with Crippen molar-refractivity contribution >= 4 is 34.7 Å². The average molecular weight is 325 g/mol. The molecule has 0 radical (unpaired) electrons. The minimum absolute atomic E-state index is 0.374. The molecule has 5 heteroatoms. The highest BCUT2D eigenvalue weighted by Crippen LogP contribution is 2.30. The van der Waals surface area contributed by atoms with E-state index in [1.54, 1.807) is 11.8 Å². The second kappa shape index (κ2) is 8.01. The molecule has 0 bridgehead atoms. The summed E-state index contributed by atoms with van der Waals surface area (Å²) in [5.41, 5.74) is 7.96. The Labute approximate surface area is 137 Å². The molecule has 2 unspecified atom stereocenters. The molecule has 1 fully saturated rings. The summed E-state index contributed by atoms with van der Waals surface area (Å²) < 4.78 is 5.75. The Morgan fingerprint density at radius 3 is 2.95 bits per heavy atom. The average Bonchev–Trinajstić information content (AvgIpc) is 2.92. The summed E-state index contributed by atoms with van der Waals surface area (Å²) in [7, 11) is 0. The predicted octanol–water partition coefficient (Wildman–Crippen LogP) is 3.66. The van der Waals surface area contributed by atoms with Gasteiger partial charge in [0.1, 0.15) is 4.99 Å². The number of anilines is 1. The predicted molar refractivity (Wildman–Crippen MR) is 95.4 cm³/mol. The molecule has 0 spiro atoms. The fourth-order valence-corrected chi connectivity index (χ4v) is 3.96. The topological polar surface area (TPSA) is 47.3 Å². The molecule has 0 amide bonds. The Hall–Kier alpha value is -0.780. The molecule has 1 aromatic carbocycles. The maximum absolute atomic E-state index is 5.94. The number of thiocarbonyl (C=S) groups is 1. The summed E-state index contributed by atoms with van der Waals surface area (Å²) in [6.07, 6.45) is 2.57. The molecule has 3 N–H and O–H groups in total. The van der Waals surface area contributed by atoms with Gasteiger partial charge in [-0.3, -0.25) is 0 Å². The zero-order valence-electron chi connectivity index (χ0n) is 12.7. The second-order valence-electron chi connectivity index (χ2n) is 5.22. The van der Waals surface area contributed by atoms with Crippen LogP contribution in [0.5, 0.6) is 0 Å². The van der Waals surface area contributed by atoms with E-state index in [9.17, 15) is 0 Å². The van der Waals surface area contributed by atoms with Crippen LogP contribution in [-0.4, -0.2) is 30.0 Å². The van der Waals surface area contributed by atoms with Crippen LogP contribution in [0.3, 0.4) is 0 Å². The van der Waals surface area contributed by atoms with Crippen LogP contribution in [0.25, 0.3) is 0 Å². The van der Waals surface area contributed by atoms with E-state index in [2.05, 4.69) is 37.4 Å². The third-order valence-corrected chi connectivity index (χ3v) is 5.02. The third-order valence-electron chi connectivity index (χ3n) is 3.88. The lowest BCUT2D eigenvalue weighted by atomic mass is 9.99. The van der Waals surface area contributed by atoms with E-state index in [1.807, 2.05) is 0 Å². The Bertz CT molecular complexity index is 493. The highest BCUT2D eigenvalue weighted by Gasteiger charge is 2.26. The van der Waals surface area contributed by atoms with Gasteiger partial charge in [-0.05, 0) is 30.7 Å². The zero-order valence-corrected chi connectivity index (χ0v) is 14.4. The molecule has 0 aromatic heterocycles. The quantitative estimate of drug-likeness (QED) is 0.592. The van der Waals surface area contributed by atoms with Crippen molar-refractivity contribution in [2.45, 2.75) is 37.7 Å². The number of rotatable bonds is 7. The van der Waals surface area contributed by atoms with E-state index in [-0.39, 0.29) is 0 Å². The SMILES string of the molecule is CCSc1cccc(NCC2CCOC2CC)c1C(N)=S. The van der Waals surface area contributed by atoms with E-state index in [4.69, 9.17) is 22.7 Å². The minimum atomic E-state index is 0.374. The monoisotopic (exact) mass is 324 g/mol. The van der Waals surface area contributed by atoms with E-state index >= 15 is 0 Å². The molecule has 1 aromatic rings. The fraction of sp³-hybridized carbons (Fsp3) is 0.562. The van der Waals surface area contributed by atoms with Gasteiger partial charge in [0.05, 0.1) is 6.10 Å². The van der Waals surface area contributed by atoms with E-state index in [0.29, 0.717) is 17.0 Å². The van der Waals surface area contributed by atoms with Crippen LogP contribution in [0.15, 0.2) is 23.1 Å². The first-order valence-electron chi connectivity index (χ1n) is 7.58. The van der Waals surface area contributed by atoms with Crippen LogP contribution in [0, 0.1) is 5.92 Å². The van der Waals surface area contributed by atoms with Gasteiger partial charge in [0.25, 0.3) is 0 Å². The smallest absolute Gasteiger partial charge is 0.107 e. The number of benzene rings is 1. The summed E-state index contributed by atoms with van der Waals surface area (Å²) >= 11 is 7.02. The standard InChI is InChI=1S/C16H24N2OS2/c1-3-13-11(8-9-19-13)10-18-12-6-5-7-14(21-4-2)15(12)16(17)20/h5-7,11,13,18H,3-4,8-10H2,1-2H3,(H2,17,20). The molecule has 0 saturated carbocycles. The van der Waals surface area contributed by atoms with E-state index < -0.39 is 0 Å². The van der Waals surface area contributed by atoms with Crippen LogP contribution in [-0.2, 0) is 4.74 Å². The molecule has 1 aliphatic rings. The van der Waals surface area contributed by atoms with Gasteiger partial charge in [0.2, 0.25) is 0 Å². The van der Waals surface area contributed by atoms with Crippen LogP contribution in [0.1, 0.15) is 32.3 Å². The van der Waals surface area contributed by atoms with Crippen molar-refractivity contribution in [2.75, 3.05) is 24.2 Å². The maximum atomic E-state index is 5.94. The molecule has 2 rings (SSSR count). The summed E-state index contributed by atoms with van der Waals surface area (Å²) in [6, 6.07) is 6.21. The Kier molecular flexibility index (Phi) is 6.33. The van der Waals surface area contributed by atoms with Crippen molar-refractivity contribution in [1.82, 2.24) is 0 Å². The highest BCUT2D eigenvalue weighted by molar-refractivity contribution is 7.99. The molecule has 1 heterocycles. The van der Waals surface area contributed by atoms with Gasteiger partial charge in [0.15, 0.2) is 0 Å². The number of nitrogens with one attached hydrogen (secondary N) is 1. The fourth-order valence-electron chi connectivity index (χ4n) is 2.83. The van der Waals surface area contributed by atoms with Crippen molar-refractivity contribution in [2.24, 2.45) is 11.7 Å². The Morgan fingerprint density at radius 1 is 1.48 bits per heavy atom. The van der Waals surface area contributed by atoms with Gasteiger partial charge in [-0.1, -0.05) is 32.1 Å². The summed E-state index contributed by atoms with van der Waals surface area (Å²) in [6.45, 7) is 6.10. The lowest BCUT2D eigenvalue weighted by Crippen LogP contribution is -2.24. The zero-order chi connectivity index (χ0) is 15.2. The number of hydrogen-bond acceptors (Lipinski definition) is 4. The lowest BCUT2D eigenvalue weighted by molar-refractivity contribution is 0.0900. The normalized spacial score (nSPS) is 21.4. The van der Waals surface area contributed by atoms with Crippen molar-refractivity contribution in [1.29, 1.82) is 0 Å². The molecule has 21 heavy (non-hydrogen) atoms. The summed E-state index contributed by atoms with van der Waals surface area (Å²) in [5.74, 6) is 1.57. The van der Waals surface area contributed by atoms with Crippen LogP contribution < -0.4 is 11.1 Å². The molecule has 1 saturated heterocycles. The van der Waals surface area contributed by atoms with Crippen molar-refractivity contribution in [3.63, 3.8) is 0 Å². The van der Waals surface area contributed by atoms with Gasteiger partial charge in [-0.15, -0.1) is 11.8 Å². The lowest BCUT2D eigenvalue weighted by Gasteiger charge is -2.20. The van der Waals surface area contributed by atoms with Gasteiger partial charge < -0.3 is 15.8 Å². The van der Waals surface area contributed by atoms with Crippen LogP contribution in [0.4, 0.5) is 5.69 Å². The van der Waals surface area contributed by atoms with E-state index in [1.165, 1.54) is 0 Å². The van der Waals surface area contributed by atoms with Crippen LogP contribution >= 0.6 is 24.0 Å². The second-order valence-corrected chi connectivity index (χ2v) is 6.97. The number of ether oxygens (including phenoxy) is 1. The molecule has 0 aliphatic carbocycles. The van der Waals surface area contributed by atoms with Crippen LogP contribution in [0.2, 0.25) is 0 Å². The van der Waals surface area contributed by atoms with Crippen molar-refractivity contribution < 1.29 is 4.74 Å². The number of hydrogen-bond donors (Lipinski definition) is 2. The van der Waals surface area contributed by atoms with Crippen molar-refractivity contribution in [3.8, 4) is 0 Å². The Morgan fingerprint density at radius 2 is 2.29 bits per heavy atom. The third kappa shape index (κ3) is 4.11. The maximum Gasteiger partial charge on any atom is 0.107 e. The number of nitrogens with two attached hydrogens (primary N) is 1. The highest BCUT2D eigenvalue weighted by atomic mass is 32.2. The molecule has 3 nitrogen and oxygen atoms in total. The molecule has 116 valence electrons. The largest absolute Gasteiger partial charge is 0.389 e. The van der Waals surface area contributed by atoms with Gasteiger partial charge in [-0.2, -0.15) is 0 Å².